The first-order chi connectivity index (χ1) is 9.67. The zero-order chi connectivity index (χ0) is 14.0. The Kier molecular flexibility index (Phi) is 4.10. The largest absolute Gasteiger partial charge is 0.380 e. The van der Waals surface area contributed by atoms with E-state index >= 15 is 0 Å². The fourth-order valence-corrected chi connectivity index (χ4v) is 3.95. The van der Waals surface area contributed by atoms with E-state index in [1.54, 1.807) is 11.3 Å². The molecule has 0 radical (unpaired) electrons. The average molecular weight is 294 g/mol. The number of piperazine rings is 1. The van der Waals surface area contributed by atoms with Gasteiger partial charge in [-0.3, -0.25) is 9.69 Å². The van der Waals surface area contributed by atoms with E-state index in [1.165, 1.54) is 4.88 Å². The van der Waals surface area contributed by atoms with Crippen LogP contribution in [0.25, 0.3) is 0 Å². The molecule has 1 aliphatic heterocycles. The van der Waals surface area contributed by atoms with E-state index in [0.29, 0.717) is 12.8 Å². The van der Waals surface area contributed by atoms with Crippen LogP contribution in [0.15, 0.2) is 17.5 Å². The first-order valence-corrected chi connectivity index (χ1v) is 8.32. The summed E-state index contributed by atoms with van der Waals surface area (Å²) in [4.78, 5) is 18.0. The van der Waals surface area contributed by atoms with Crippen molar-refractivity contribution < 1.29 is 9.90 Å². The van der Waals surface area contributed by atoms with Gasteiger partial charge in [-0.25, -0.2) is 0 Å². The highest BCUT2D eigenvalue weighted by atomic mass is 32.1. The van der Waals surface area contributed by atoms with Gasteiger partial charge in [0, 0.05) is 37.6 Å². The van der Waals surface area contributed by atoms with E-state index in [4.69, 9.17) is 0 Å². The molecule has 110 valence electrons. The number of aliphatic hydroxyl groups is 1. The van der Waals surface area contributed by atoms with Crippen molar-refractivity contribution in [3.8, 4) is 0 Å². The van der Waals surface area contributed by atoms with E-state index in [1.807, 2.05) is 4.90 Å². The summed E-state index contributed by atoms with van der Waals surface area (Å²) in [5.41, 5.74) is -1.06. The van der Waals surface area contributed by atoms with Gasteiger partial charge in [0.1, 0.15) is 5.60 Å². The molecule has 2 fully saturated rings. The number of amides is 1. The Bertz CT molecular complexity index is 446. The first kappa shape index (κ1) is 14.0. The zero-order valence-electron chi connectivity index (χ0n) is 11.8. The highest BCUT2D eigenvalue weighted by Gasteiger charge is 2.42. The number of hydrogen-bond acceptors (Lipinski definition) is 4. The second-order valence-corrected chi connectivity index (χ2v) is 6.92. The molecular weight excluding hydrogens is 272 g/mol. The molecule has 3 rings (SSSR count). The Morgan fingerprint density at radius 2 is 1.95 bits per heavy atom. The van der Waals surface area contributed by atoms with Crippen LogP contribution in [0.4, 0.5) is 0 Å². The van der Waals surface area contributed by atoms with Crippen LogP contribution < -0.4 is 0 Å². The molecule has 1 N–H and O–H groups in total. The third-order valence-electron chi connectivity index (χ3n) is 4.45. The fraction of sp³-hybridized carbons (Fsp3) is 0.667. The molecule has 0 unspecified atom stereocenters. The zero-order valence-corrected chi connectivity index (χ0v) is 12.6. The Morgan fingerprint density at radius 1 is 1.25 bits per heavy atom. The third-order valence-corrected chi connectivity index (χ3v) is 5.31. The van der Waals surface area contributed by atoms with Gasteiger partial charge in [0.05, 0.1) is 0 Å². The van der Waals surface area contributed by atoms with E-state index in [2.05, 4.69) is 22.4 Å². The summed E-state index contributed by atoms with van der Waals surface area (Å²) in [5, 5.41) is 12.5. The van der Waals surface area contributed by atoms with Gasteiger partial charge in [0.25, 0.3) is 5.91 Å². The number of thiophene rings is 1. The summed E-state index contributed by atoms with van der Waals surface area (Å²) in [6, 6.07) is 4.23. The summed E-state index contributed by atoms with van der Waals surface area (Å²) in [7, 11) is 0. The minimum Gasteiger partial charge on any atom is -0.380 e. The van der Waals surface area contributed by atoms with Crippen LogP contribution in [0.1, 0.15) is 30.6 Å². The second kappa shape index (κ2) is 5.84. The minimum atomic E-state index is -1.06. The molecule has 1 saturated carbocycles. The lowest BCUT2D eigenvalue weighted by Gasteiger charge is -2.37. The van der Waals surface area contributed by atoms with Gasteiger partial charge in [-0.2, -0.15) is 0 Å². The van der Waals surface area contributed by atoms with Crippen molar-refractivity contribution in [2.45, 2.75) is 37.8 Å². The molecule has 0 aromatic carbocycles. The predicted octanol–water partition coefficient (Wildman–Crippen LogP) is 1.70. The van der Waals surface area contributed by atoms with Crippen LogP contribution >= 0.6 is 11.3 Å². The van der Waals surface area contributed by atoms with Crippen LogP contribution in [-0.4, -0.2) is 52.6 Å². The topological polar surface area (TPSA) is 43.8 Å². The minimum absolute atomic E-state index is 0.0363. The molecule has 5 heteroatoms. The van der Waals surface area contributed by atoms with E-state index in [9.17, 15) is 9.90 Å². The summed E-state index contributed by atoms with van der Waals surface area (Å²) >= 11 is 1.78. The lowest BCUT2D eigenvalue weighted by Crippen LogP contribution is -2.54. The normalized spacial score (nSPS) is 23.1. The van der Waals surface area contributed by atoms with Crippen LogP contribution in [0, 0.1) is 0 Å². The number of carbonyl (C=O) groups is 1. The van der Waals surface area contributed by atoms with Gasteiger partial charge in [-0.05, 0) is 37.1 Å². The number of rotatable bonds is 3. The van der Waals surface area contributed by atoms with Gasteiger partial charge in [-0.15, -0.1) is 11.3 Å². The van der Waals surface area contributed by atoms with Gasteiger partial charge in [0.15, 0.2) is 0 Å². The molecular formula is C15H22N2O2S. The molecule has 2 heterocycles. The number of carbonyl (C=O) groups excluding carboxylic acids is 1. The SMILES string of the molecule is O=C(N1CCN(Cc2cccs2)CC1)C1(O)CCCC1. The summed E-state index contributed by atoms with van der Waals surface area (Å²) in [6.07, 6.45) is 3.23. The van der Waals surface area contributed by atoms with Crippen molar-refractivity contribution in [3.05, 3.63) is 22.4 Å². The van der Waals surface area contributed by atoms with Crippen molar-refractivity contribution >= 4 is 17.2 Å². The summed E-state index contributed by atoms with van der Waals surface area (Å²) in [6.45, 7) is 4.27. The molecule has 1 aromatic rings. The predicted molar refractivity (Wildman–Crippen MR) is 79.6 cm³/mol. The van der Waals surface area contributed by atoms with Crippen molar-refractivity contribution in [3.63, 3.8) is 0 Å². The van der Waals surface area contributed by atoms with Gasteiger partial charge >= 0.3 is 0 Å². The third kappa shape index (κ3) is 2.90. The van der Waals surface area contributed by atoms with Crippen LogP contribution in [0.5, 0.6) is 0 Å². The van der Waals surface area contributed by atoms with E-state index in [-0.39, 0.29) is 5.91 Å². The van der Waals surface area contributed by atoms with Gasteiger partial charge < -0.3 is 10.0 Å². The Labute approximate surface area is 124 Å². The molecule has 1 saturated heterocycles. The maximum atomic E-state index is 12.4. The Morgan fingerprint density at radius 3 is 2.55 bits per heavy atom. The number of hydrogen-bond donors (Lipinski definition) is 1. The van der Waals surface area contributed by atoms with E-state index in [0.717, 1.165) is 45.6 Å². The maximum absolute atomic E-state index is 12.4. The van der Waals surface area contributed by atoms with Crippen molar-refractivity contribution in [1.29, 1.82) is 0 Å². The standard InChI is InChI=1S/C15H22N2O2S/c18-14(15(19)5-1-2-6-15)17-9-7-16(8-10-17)12-13-4-3-11-20-13/h3-4,11,19H,1-2,5-10,12H2. The molecule has 1 aromatic heterocycles. The van der Waals surface area contributed by atoms with Crippen molar-refractivity contribution in [2.75, 3.05) is 26.2 Å². The molecule has 0 atom stereocenters. The molecule has 2 aliphatic rings. The lowest BCUT2D eigenvalue weighted by molar-refractivity contribution is -0.152. The van der Waals surface area contributed by atoms with Crippen molar-refractivity contribution in [1.82, 2.24) is 9.80 Å². The monoisotopic (exact) mass is 294 g/mol. The van der Waals surface area contributed by atoms with Crippen LogP contribution in [0.2, 0.25) is 0 Å². The van der Waals surface area contributed by atoms with Gasteiger partial charge in [0.2, 0.25) is 0 Å². The van der Waals surface area contributed by atoms with Gasteiger partial charge in [-0.1, -0.05) is 6.07 Å². The highest BCUT2D eigenvalue weighted by molar-refractivity contribution is 7.09. The number of nitrogens with zero attached hydrogens (tertiary/aromatic N) is 2. The molecule has 4 nitrogen and oxygen atoms in total. The molecule has 0 bridgehead atoms. The molecule has 1 amide bonds. The molecule has 1 aliphatic carbocycles. The summed E-state index contributed by atoms with van der Waals surface area (Å²) in [5.74, 6) is -0.0363. The first-order valence-electron chi connectivity index (χ1n) is 7.44. The highest BCUT2D eigenvalue weighted by Crippen LogP contribution is 2.31. The quantitative estimate of drug-likeness (QED) is 0.923. The second-order valence-electron chi connectivity index (χ2n) is 5.89. The lowest BCUT2D eigenvalue weighted by atomic mass is 10.00. The Hall–Kier alpha value is -0.910. The maximum Gasteiger partial charge on any atom is 0.254 e. The van der Waals surface area contributed by atoms with E-state index < -0.39 is 5.60 Å². The van der Waals surface area contributed by atoms with Crippen LogP contribution in [0.3, 0.4) is 0 Å². The van der Waals surface area contributed by atoms with Crippen LogP contribution in [-0.2, 0) is 11.3 Å². The average Bonchev–Trinajstić information content (AvgIpc) is 3.11. The fourth-order valence-electron chi connectivity index (χ4n) is 3.20. The smallest absolute Gasteiger partial charge is 0.254 e. The Balaban J connectivity index is 1.52. The molecule has 0 spiro atoms. The van der Waals surface area contributed by atoms with Crippen molar-refractivity contribution in [2.24, 2.45) is 0 Å². The summed E-state index contributed by atoms with van der Waals surface area (Å²) < 4.78 is 0. The molecule has 20 heavy (non-hydrogen) atoms.